The Bertz CT molecular complexity index is 812. The fourth-order valence-electron chi connectivity index (χ4n) is 4.32. The van der Waals surface area contributed by atoms with Crippen LogP contribution in [0, 0.1) is 0 Å². The Labute approximate surface area is 174 Å². The summed E-state index contributed by atoms with van der Waals surface area (Å²) in [5.74, 6) is 0. The zero-order chi connectivity index (χ0) is 19.9. The molecule has 2 atom stereocenters. The molecule has 1 heterocycles. The number of aliphatic hydroxyl groups is 1. The Kier molecular flexibility index (Phi) is 6.73. The number of aliphatic hydroxyl groups excluding tert-OH is 1. The lowest BCUT2D eigenvalue weighted by Crippen LogP contribution is -2.53. The van der Waals surface area contributed by atoms with Crippen LogP contribution in [0.25, 0.3) is 0 Å². The van der Waals surface area contributed by atoms with Gasteiger partial charge in [-0.3, -0.25) is 9.80 Å². The topological polar surface area (TPSA) is 26.7 Å². The SMILES string of the molecule is O[C@@H]1CN(Cc2ccccc2)CC[C@H]1N(Cc1ccccc1)Cc1ccccc1. The molecule has 3 aromatic carbocycles. The normalized spacial score (nSPS) is 20.1. The monoisotopic (exact) mass is 386 g/mol. The maximum atomic E-state index is 11.1. The van der Waals surface area contributed by atoms with E-state index >= 15 is 0 Å². The van der Waals surface area contributed by atoms with Gasteiger partial charge in [0.25, 0.3) is 0 Å². The fraction of sp³-hybridized carbons (Fsp3) is 0.308. The van der Waals surface area contributed by atoms with Gasteiger partial charge in [-0.2, -0.15) is 0 Å². The third-order valence-corrected chi connectivity index (χ3v) is 5.81. The first-order chi connectivity index (χ1) is 14.3. The van der Waals surface area contributed by atoms with Gasteiger partial charge in [0.1, 0.15) is 0 Å². The zero-order valence-corrected chi connectivity index (χ0v) is 16.9. The van der Waals surface area contributed by atoms with Crippen LogP contribution in [0.4, 0.5) is 0 Å². The highest BCUT2D eigenvalue weighted by atomic mass is 16.3. The Morgan fingerprint density at radius 2 is 1.21 bits per heavy atom. The molecule has 1 N–H and O–H groups in total. The maximum absolute atomic E-state index is 11.1. The summed E-state index contributed by atoms with van der Waals surface area (Å²) in [6.07, 6.45) is 0.633. The van der Waals surface area contributed by atoms with Gasteiger partial charge in [-0.05, 0) is 23.1 Å². The van der Waals surface area contributed by atoms with E-state index in [-0.39, 0.29) is 12.1 Å². The number of hydrogen-bond acceptors (Lipinski definition) is 3. The molecule has 150 valence electrons. The van der Waals surface area contributed by atoms with Crippen LogP contribution in [0.1, 0.15) is 23.1 Å². The number of hydrogen-bond donors (Lipinski definition) is 1. The van der Waals surface area contributed by atoms with Gasteiger partial charge < -0.3 is 5.11 Å². The van der Waals surface area contributed by atoms with Gasteiger partial charge in [-0.25, -0.2) is 0 Å². The molecule has 0 aromatic heterocycles. The molecule has 1 saturated heterocycles. The van der Waals surface area contributed by atoms with E-state index in [1.165, 1.54) is 16.7 Å². The van der Waals surface area contributed by atoms with Crippen molar-refractivity contribution in [3.8, 4) is 0 Å². The first kappa shape index (κ1) is 19.8. The summed E-state index contributed by atoms with van der Waals surface area (Å²) in [6.45, 7) is 4.35. The van der Waals surface area contributed by atoms with E-state index in [0.717, 1.165) is 39.1 Å². The molecule has 0 radical (unpaired) electrons. The molecule has 1 aliphatic heterocycles. The lowest BCUT2D eigenvalue weighted by Gasteiger charge is -2.42. The van der Waals surface area contributed by atoms with E-state index in [2.05, 4.69) is 101 Å². The van der Waals surface area contributed by atoms with Crippen LogP contribution in [-0.4, -0.2) is 40.1 Å². The molecule has 1 fully saturated rings. The molecule has 0 spiro atoms. The predicted molar refractivity (Wildman–Crippen MR) is 118 cm³/mol. The van der Waals surface area contributed by atoms with Gasteiger partial charge in [-0.15, -0.1) is 0 Å². The molecule has 4 rings (SSSR count). The minimum Gasteiger partial charge on any atom is -0.390 e. The van der Waals surface area contributed by atoms with Gasteiger partial charge >= 0.3 is 0 Å². The molecule has 1 aliphatic rings. The molecule has 0 aliphatic carbocycles. The molecule has 3 nitrogen and oxygen atoms in total. The quantitative estimate of drug-likeness (QED) is 0.655. The lowest BCUT2D eigenvalue weighted by molar-refractivity contribution is -0.0219. The summed E-state index contributed by atoms with van der Waals surface area (Å²) in [4.78, 5) is 4.83. The standard InChI is InChI=1S/C26H30N2O/c29-26-21-27(18-22-10-4-1-5-11-22)17-16-25(26)28(19-23-12-6-2-7-13-23)20-24-14-8-3-9-15-24/h1-15,25-26,29H,16-21H2/t25-,26-/m1/s1. The molecular weight excluding hydrogens is 356 g/mol. The molecule has 0 saturated carbocycles. The van der Waals surface area contributed by atoms with Crippen LogP contribution < -0.4 is 0 Å². The van der Waals surface area contributed by atoms with Gasteiger partial charge in [-0.1, -0.05) is 91.0 Å². The summed E-state index contributed by atoms with van der Waals surface area (Å²) >= 11 is 0. The number of rotatable bonds is 7. The maximum Gasteiger partial charge on any atom is 0.0822 e. The van der Waals surface area contributed by atoms with Crippen molar-refractivity contribution in [2.45, 2.75) is 38.2 Å². The van der Waals surface area contributed by atoms with Crippen molar-refractivity contribution in [1.29, 1.82) is 0 Å². The van der Waals surface area contributed by atoms with Gasteiger partial charge in [0, 0.05) is 38.8 Å². The Morgan fingerprint density at radius 3 is 1.69 bits per heavy atom. The third kappa shape index (κ3) is 5.54. The first-order valence-electron chi connectivity index (χ1n) is 10.5. The third-order valence-electron chi connectivity index (χ3n) is 5.81. The Hall–Kier alpha value is -2.46. The van der Waals surface area contributed by atoms with Crippen LogP contribution in [0.3, 0.4) is 0 Å². The van der Waals surface area contributed by atoms with Crippen molar-refractivity contribution in [2.75, 3.05) is 13.1 Å². The Balaban J connectivity index is 1.45. The smallest absolute Gasteiger partial charge is 0.0822 e. The van der Waals surface area contributed by atoms with Crippen molar-refractivity contribution in [1.82, 2.24) is 9.80 Å². The van der Waals surface area contributed by atoms with Crippen LogP contribution in [0.2, 0.25) is 0 Å². The van der Waals surface area contributed by atoms with Crippen LogP contribution in [0.15, 0.2) is 91.0 Å². The van der Waals surface area contributed by atoms with Crippen molar-refractivity contribution < 1.29 is 5.11 Å². The molecule has 3 heteroatoms. The largest absolute Gasteiger partial charge is 0.390 e. The minimum absolute atomic E-state index is 0.169. The first-order valence-corrected chi connectivity index (χ1v) is 10.5. The fourth-order valence-corrected chi connectivity index (χ4v) is 4.32. The number of nitrogens with zero attached hydrogens (tertiary/aromatic N) is 2. The second-order valence-corrected chi connectivity index (χ2v) is 8.02. The van der Waals surface area contributed by atoms with Crippen LogP contribution in [0.5, 0.6) is 0 Å². The summed E-state index contributed by atoms with van der Waals surface area (Å²) in [5, 5.41) is 11.1. The molecular formula is C26H30N2O. The van der Waals surface area contributed by atoms with Crippen molar-refractivity contribution >= 4 is 0 Å². The number of β-amino-alcohol motifs (C(OH)–C–C–N with tert-alkyl or cyclic N) is 1. The summed E-state index contributed by atoms with van der Waals surface area (Å²) < 4.78 is 0. The van der Waals surface area contributed by atoms with E-state index in [0.29, 0.717) is 0 Å². The second-order valence-electron chi connectivity index (χ2n) is 8.02. The van der Waals surface area contributed by atoms with E-state index in [1.807, 2.05) is 0 Å². The molecule has 0 amide bonds. The minimum atomic E-state index is -0.347. The average molecular weight is 387 g/mol. The highest BCUT2D eigenvalue weighted by Crippen LogP contribution is 2.23. The molecule has 3 aromatic rings. The van der Waals surface area contributed by atoms with E-state index in [4.69, 9.17) is 0 Å². The van der Waals surface area contributed by atoms with Crippen molar-refractivity contribution in [2.24, 2.45) is 0 Å². The van der Waals surface area contributed by atoms with Gasteiger partial charge in [0.15, 0.2) is 0 Å². The second kappa shape index (κ2) is 9.84. The number of likely N-dealkylation sites (tertiary alicyclic amines) is 1. The predicted octanol–water partition coefficient (Wildman–Crippen LogP) is 4.32. The molecule has 0 unspecified atom stereocenters. The summed E-state index contributed by atoms with van der Waals surface area (Å²) in [6, 6.07) is 31.9. The summed E-state index contributed by atoms with van der Waals surface area (Å²) in [7, 11) is 0. The van der Waals surface area contributed by atoms with Crippen LogP contribution >= 0.6 is 0 Å². The van der Waals surface area contributed by atoms with E-state index in [9.17, 15) is 5.11 Å². The summed E-state index contributed by atoms with van der Waals surface area (Å²) in [5.41, 5.74) is 3.90. The lowest BCUT2D eigenvalue weighted by atomic mass is 9.98. The Morgan fingerprint density at radius 1 is 0.724 bits per heavy atom. The highest BCUT2D eigenvalue weighted by molar-refractivity contribution is 5.18. The van der Waals surface area contributed by atoms with E-state index in [1.54, 1.807) is 0 Å². The van der Waals surface area contributed by atoms with Crippen molar-refractivity contribution in [3.63, 3.8) is 0 Å². The van der Waals surface area contributed by atoms with E-state index < -0.39 is 0 Å². The number of piperidine rings is 1. The van der Waals surface area contributed by atoms with Gasteiger partial charge in [0.2, 0.25) is 0 Å². The van der Waals surface area contributed by atoms with Crippen LogP contribution in [-0.2, 0) is 19.6 Å². The molecule has 29 heavy (non-hydrogen) atoms. The zero-order valence-electron chi connectivity index (χ0n) is 16.9. The molecule has 0 bridgehead atoms. The van der Waals surface area contributed by atoms with Gasteiger partial charge in [0.05, 0.1) is 6.10 Å². The highest BCUT2D eigenvalue weighted by Gasteiger charge is 2.32. The van der Waals surface area contributed by atoms with Crippen molar-refractivity contribution in [3.05, 3.63) is 108 Å². The average Bonchev–Trinajstić information content (AvgIpc) is 2.76. The number of benzene rings is 3.